The van der Waals surface area contributed by atoms with Gasteiger partial charge in [0.25, 0.3) is 0 Å². The summed E-state index contributed by atoms with van der Waals surface area (Å²) in [7, 11) is 0. The second kappa shape index (κ2) is 2.10. The number of fused-ring (bicyclic) bond motifs is 1. The lowest BCUT2D eigenvalue weighted by atomic mass is 10.5. The highest BCUT2D eigenvalue weighted by Gasteiger charge is 2.05. The quantitative estimate of drug-likeness (QED) is 0.651. The number of H-pyrrole nitrogens is 1. The van der Waals surface area contributed by atoms with Crippen LogP contribution in [0.3, 0.4) is 0 Å². The molecule has 56 valence electrons. The normalized spacial score (nSPS) is 10.6. The lowest BCUT2D eigenvalue weighted by Crippen LogP contribution is -1.86. The van der Waals surface area contributed by atoms with Crippen LogP contribution in [0.2, 0.25) is 5.15 Å². The van der Waals surface area contributed by atoms with E-state index in [9.17, 15) is 4.79 Å². The predicted molar refractivity (Wildman–Crippen MR) is 39.9 cm³/mol. The molecule has 0 saturated carbocycles. The minimum atomic E-state index is 0.434. The second-order valence-corrected chi connectivity index (χ2v) is 2.46. The van der Waals surface area contributed by atoms with E-state index in [2.05, 4.69) is 9.97 Å². The number of imidazole rings is 2. The standard InChI is InChI=1S/C6H4ClN3O/c7-5-2-9-6-8-1-4(3-11)10(5)6/h1-3H,(H,8,9). The summed E-state index contributed by atoms with van der Waals surface area (Å²) >= 11 is 5.72. The van der Waals surface area contributed by atoms with Crippen molar-refractivity contribution in [2.45, 2.75) is 0 Å². The van der Waals surface area contributed by atoms with Crippen LogP contribution in [0.5, 0.6) is 0 Å². The first-order chi connectivity index (χ1) is 5.33. The van der Waals surface area contributed by atoms with Gasteiger partial charge in [-0.05, 0) is 0 Å². The Balaban J connectivity index is 2.90. The first-order valence-corrected chi connectivity index (χ1v) is 3.36. The molecule has 0 aliphatic carbocycles. The van der Waals surface area contributed by atoms with Gasteiger partial charge in [-0.1, -0.05) is 11.6 Å². The van der Waals surface area contributed by atoms with Gasteiger partial charge < -0.3 is 4.98 Å². The number of rotatable bonds is 1. The van der Waals surface area contributed by atoms with Crippen molar-refractivity contribution >= 4 is 23.7 Å². The molecule has 0 atom stereocenters. The molecule has 0 fully saturated rings. The van der Waals surface area contributed by atoms with Gasteiger partial charge in [0.15, 0.2) is 6.29 Å². The van der Waals surface area contributed by atoms with Gasteiger partial charge in [0.2, 0.25) is 5.78 Å². The fraction of sp³-hybridized carbons (Fsp3) is 0. The summed E-state index contributed by atoms with van der Waals surface area (Å²) < 4.78 is 1.54. The molecule has 5 heteroatoms. The number of nitrogens with zero attached hydrogens (tertiary/aromatic N) is 2. The van der Waals surface area contributed by atoms with Crippen LogP contribution in [0.4, 0.5) is 0 Å². The van der Waals surface area contributed by atoms with E-state index < -0.39 is 0 Å². The van der Waals surface area contributed by atoms with Gasteiger partial charge in [-0.2, -0.15) is 0 Å². The highest BCUT2D eigenvalue weighted by molar-refractivity contribution is 6.29. The minimum Gasteiger partial charge on any atom is -0.330 e. The number of hydrogen-bond acceptors (Lipinski definition) is 2. The molecule has 0 bridgehead atoms. The SMILES string of the molecule is O=Cc1c[nH]c2ncc(Cl)n12. The number of hydrogen-bond donors (Lipinski definition) is 1. The number of carbonyl (C=O) groups excluding carboxylic acids is 1. The molecule has 2 rings (SSSR count). The number of halogens is 1. The summed E-state index contributed by atoms with van der Waals surface area (Å²) in [5.41, 5.74) is 0.475. The van der Waals surface area contributed by atoms with Crippen LogP contribution in [0.25, 0.3) is 5.78 Å². The Morgan fingerprint density at radius 2 is 2.55 bits per heavy atom. The van der Waals surface area contributed by atoms with Crippen molar-refractivity contribution in [2.75, 3.05) is 0 Å². The summed E-state index contributed by atoms with van der Waals surface area (Å²) in [6.45, 7) is 0. The first-order valence-electron chi connectivity index (χ1n) is 2.98. The Hall–Kier alpha value is -1.29. The third kappa shape index (κ3) is 0.760. The monoisotopic (exact) mass is 169 g/mol. The summed E-state index contributed by atoms with van der Waals surface area (Å²) in [5.74, 6) is 0.581. The van der Waals surface area contributed by atoms with E-state index in [1.807, 2.05) is 0 Å². The van der Waals surface area contributed by atoms with Crippen molar-refractivity contribution in [1.82, 2.24) is 14.4 Å². The summed E-state index contributed by atoms with van der Waals surface area (Å²) in [6, 6.07) is 0. The van der Waals surface area contributed by atoms with Gasteiger partial charge in [-0.25, -0.2) is 4.98 Å². The van der Waals surface area contributed by atoms with E-state index in [1.54, 1.807) is 6.20 Å². The molecule has 0 unspecified atom stereocenters. The Bertz CT molecular complexity index is 403. The molecule has 0 aliphatic rings. The van der Waals surface area contributed by atoms with Crippen molar-refractivity contribution in [3.63, 3.8) is 0 Å². The molecular weight excluding hydrogens is 166 g/mol. The zero-order valence-electron chi connectivity index (χ0n) is 5.41. The molecule has 11 heavy (non-hydrogen) atoms. The van der Waals surface area contributed by atoms with Gasteiger partial charge >= 0.3 is 0 Å². The summed E-state index contributed by atoms with van der Waals surface area (Å²) in [6.07, 6.45) is 3.76. The van der Waals surface area contributed by atoms with Crippen LogP contribution in [-0.2, 0) is 0 Å². The van der Waals surface area contributed by atoms with Gasteiger partial charge in [0.05, 0.1) is 6.20 Å². The van der Waals surface area contributed by atoms with E-state index in [0.717, 1.165) is 6.29 Å². The van der Waals surface area contributed by atoms with Gasteiger partial charge in [0.1, 0.15) is 10.8 Å². The number of nitrogens with one attached hydrogen (secondary N) is 1. The number of aromatic nitrogens is 3. The number of aromatic amines is 1. The maximum absolute atomic E-state index is 10.4. The third-order valence-corrected chi connectivity index (χ3v) is 1.71. The summed E-state index contributed by atoms with van der Waals surface area (Å²) in [5, 5.41) is 0.434. The molecule has 2 aromatic rings. The van der Waals surface area contributed by atoms with Crippen molar-refractivity contribution < 1.29 is 4.79 Å². The molecule has 2 aromatic heterocycles. The van der Waals surface area contributed by atoms with Crippen LogP contribution in [-0.4, -0.2) is 20.7 Å². The van der Waals surface area contributed by atoms with Crippen molar-refractivity contribution in [3.8, 4) is 0 Å². The molecule has 0 spiro atoms. The molecule has 0 aromatic carbocycles. The fourth-order valence-corrected chi connectivity index (χ4v) is 1.19. The molecule has 0 radical (unpaired) electrons. The Morgan fingerprint density at radius 3 is 3.27 bits per heavy atom. The Morgan fingerprint density at radius 1 is 1.73 bits per heavy atom. The minimum absolute atomic E-state index is 0.434. The molecular formula is C6H4ClN3O. The lowest BCUT2D eigenvalue weighted by Gasteiger charge is -1.86. The van der Waals surface area contributed by atoms with Crippen molar-refractivity contribution in [1.29, 1.82) is 0 Å². The lowest BCUT2D eigenvalue weighted by molar-refractivity contribution is 0.111. The smallest absolute Gasteiger partial charge is 0.213 e. The fourth-order valence-electron chi connectivity index (χ4n) is 0.968. The van der Waals surface area contributed by atoms with Gasteiger partial charge in [-0.3, -0.25) is 9.20 Å². The first kappa shape index (κ1) is 6.42. The topological polar surface area (TPSA) is 50.2 Å². The van der Waals surface area contributed by atoms with Crippen molar-refractivity contribution in [2.24, 2.45) is 0 Å². The zero-order valence-corrected chi connectivity index (χ0v) is 6.17. The molecule has 2 heterocycles. The average molecular weight is 170 g/mol. The molecule has 0 saturated heterocycles. The van der Waals surface area contributed by atoms with Gasteiger partial charge in [0, 0.05) is 6.20 Å². The zero-order chi connectivity index (χ0) is 7.84. The van der Waals surface area contributed by atoms with Crippen LogP contribution >= 0.6 is 11.6 Å². The van der Waals surface area contributed by atoms with E-state index in [0.29, 0.717) is 16.6 Å². The third-order valence-electron chi connectivity index (χ3n) is 1.45. The van der Waals surface area contributed by atoms with E-state index in [1.165, 1.54) is 10.6 Å². The largest absolute Gasteiger partial charge is 0.330 e. The van der Waals surface area contributed by atoms with E-state index >= 15 is 0 Å². The summed E-state index contributed by atoms with van der Waals surface area (Å²) in [4.78, 5) is 17.1. The molecule has 0 amide bonds. The van der Waals surface area contributed by atoms with Crippen LogP contribution in [0, 0.1) is 0 Å². The highest BCUT2D eigenvalue weighted by Crippen LogP contribution is 2.12. The van der Waals surface area contributed by atoms with Crippen LogP contribution < -0.4 is 0 Å². The maximum atomic E-state index is 10.4. The van der Waals surface area contributed by atoms with Crippen LogP contribution in [0.15, 0.2) is 12.4 Å². The molecule has 0 aliphatic heterocycles. The van der Waals surface area contributed by atoms with E-state index in [4.69, 9.17) is 11.6 Å². The van der Waals surface area contributed by atoms with Crippen molar-refractivity contribution in [3.05, 3.63) is 23.2 Å². The predicted octanol–water partition coefficient (Wildman–Crippen LogP) is 1.13. The Kier molecular flexibility index (Phi) is 1.22. The maximum Gasteiger partial charge on any atom is 0.213 e. The Labute approximate surface area is 66.8 Å². The van der Waals surface area contributed by atoms with E-state index in [-0.39, 0.29) is 0 Å². The van der Waals surface area contributed by atoms with Gasteiger partial charge in [-0.15, -0.1) is 0 Å². The molecule has 4 nitrogen and oxygen atoms in total. The second-order valence-electron chi connectivity index (χ2n) is 2.07. The molecule has 1 N–H and O–H groups in total. The number of carbonyl (C=O) groups is 1. The average Bonchev–Trinajstić information content (AvgIpc) is 2.54. The van der Waals surface area contributed by atoms with Crippen LogP contribution in [0.1, 0.15) is 10.5 Å². The number of aldehydes is 1. The highest BCUT2D eigenvalue weighted by atomic mass is 35.5.